The highest BCUT2D eigenvalue weighted by atomic mass is 16.3. The second-order valence-electron chi connectivity index (χ2n) is 4.56. The van der Waals surface area contributed by atoms with Crippen molar-refractivity contribution in [2.24, 2.45) is 5.92 Å². The zero-order valence-corrected chi connectivity index (χ0v) is 9.93. The molecule has 3 N–H and O–H groups in total. The third-order valence-corrected chi connectivity index (χ3v) is 3.58. The molecule has 4 nitrogen and oxygen atoms in total. The fourth-order valence-electron chi connectivity index (χ4n) is 2.49. The van der Waals surface area contributed by atoms with Gasteiger partial charge in [-0.25, -0.2) is 0 Å². The Labute approximate surface area is 101 Å². The second kappa shape index (κ2) is 4.64. The van der Waals surface area contributed by atoms with E-state index in [2.05, 4.69) is 17.9 Å². The van der Waals surface area contributed by atoms with Crippen LogP contribution in [0.2, 0.25) is 0 Å². The van der Waals surface area contributed by atoms with Crippen molar-refractivity contribution in [1.29, 1.82) is 5.26 Å². The van der Waals surface area contributed by atoms with Crippen LogP contribution in [0.1, 0.15) is 18.9 Å². The molecule has 1 saturated heterocycles. The number of hydrogen-bond acceptors (Lipinski definition) is 4. The summed E-state index contributed by atoms with van der Waals surface area (Å²) in [6, 6.07) is 7.66. The van der Waals surface area contributed by atoms with Gasteiger partial charge in [-0.2, -0.15) is 5.26 Å². The first-order valence-corrected chi connectivity index (χ1v) is 5.85. The SMILES string of the molecule is CC1CCN(c2cccc(C#N)c2N)C1CO. The van der Waals surface area contributed by atoms with E-state index in [0.717, 1.165) is 18.7 Å². The molecule has 1 aromatic carbocycles. The van der Waals surface area contributed by atoms with Crippen molar-refractivity contribution < 1.29 is 5.11 Å². The molecule has 1 aromatic rings. The Morgan fingerprint density at radius 2 is 2.35 bits per heavy atom. The van der Waals surface area contributed by atoms with Gasteiger partial charge in [0, 0.05) is 6.54 Å². The minimum absolute atomic E-state index is 0.103. The average Bonchev–Trinajstić information content (AvgIpc) is 2.70. The Bertz CT molecular complexity index is 452. The number of hydrogen-bond donors (Lipinski definition) is 2. The van der Waals surface area contributed by atoms with Crippen molar-refractivity contribution in [2.75, 3.05) is 23.8 Å². The highest BCUT2D eigenvalue weighted by Crippen LogP contribution is 2.34. The lowest BCUT2D eigenvalue weighted by molar-refractivity contribution is 0.245. The van der Waals surface area contributed by atoms with E-state index in [0.29, 0.717) is 17.2 Å². The molecule has 1 aliphatic heterocycles. The van der Waals surface area contributed by atoms with Gasteiger partial charge >= 0.3 is 0 Å². The molecule has 1 fully saturated rings. The fourth-order valence-corrected chi connectivity index (χ4v) is 2.49. The summed E-state index contributed by atoms with van der Waals surface area (Å²) in [6.45, 7) is 3.13. The number of nitriles is 1. The minimum Gasteiger partial charge on any atom is -0.396 e. The monoisotopic (exact) mass is 231 g/mol. The third-order valence-electron chi connectivity index (χ3n) is 3.58. The quantitative estimate of drug-likeness (QED) is 0.753. The van der Waals surface area contributed by atoms with Gasteiger partial charge in [0.1, 0.15) is 6.07 Å². The number of anilines is 2. The summed E-state index contributed by atoms with van der Waals surface area (Å²) in [4.78, 5) is 2.11. The lowest BCUT2D eigenvalue weighted by atomic mass is 10.0. The van der Waals surface area contributed by atoms with Gasteiger partial charge in [-0.05, 0) is 24.5 Å². The van der Waals surface area contributed by atoms with Crippen molar-refractivity contribution in [1.82, 2.24) is 0 Å². The maximum atomic E-state index is 9.44. The van der Waals surface area contributed by atoms with Crippen LogP contribution in [0.4, 0.5) is 11.4 Å². The van der Waals surface area contributed by atoms with E-state index >= 15 is 0 Å². The molecule has 0 saturated carbocycles. The lowest BCUT2D eigenvalue weighted by Crippen LogP contribution is -2.35. The van der Waals surface area contributed by atoms with E-state index in [-0.39, 0.29) is 12.6 Å². The van der Waals surface area contributed by atoms with E-state index in [1.807, 2.05) is 12.1 Å². The molecule has 0 radical (unpaired) electrons. The van der Waals surface area contributed by atoms with Gasteiger partial charge < -0.3 is 15.7 Å². The molecule has 0 aliphatic carbocycles. The first-order chi connectivity index (χ1) is 8.19. The smallest absolute Gasteiger partial charge is 0.101 e. The van der Waals surface area contributed by atoms with Crippen LogP contribution in [-0.4, -0.2) is 24.3 Å². The number of para-hydroxylation sites is 1. The summed E-state index contributed by atoms with van der Waals surface area (Å²) < 4.78 is 0. The molecule has 2 unspecified atom stereocenters. The highest BCUT2D eigenvalue weighted by molar-refractivity contribution is 5.74. The van der Waals surface area contributed by atoms with Gasteiger partial charge in [-0.3, -0.25) is 0 Å². The predicted molar refractivity (Wildman–Crippen MR) is 67.6 cm³/mol. The lowest BCUT2D eigenvalue weighted by Gasteiger charge is -2.28. The Kier molecular flexibility index (Phi) is 3.21. The molecule has 0 amide bonds. The second-order valence-corrected chi connectivity index (χ2v) is 4.56. The average molecular weight is 231 g/mol. The van der Waals surface area contributed by atoms with Crippen LogP contribution in [0, 0.1) is 17.2 Å². The molecule has 4 heteroatoms. The van der Waals surface area contributed by atoms with Crippen LogP contribution in [-0.2, 0) is 0 Å². The van der Waals surface area contributed by atoms with Gasteiger partial charge in [0.2, 0.25) is 0 Å². The molecular weight excluding hydrogens is 214 g/mol. The zero-order valence-electron chi connectivity index (χ0n) is 9.93. The largest absolute Gasteiger partial charge is 0.396 e. The van der Waals surface area contributed by atoms with E-state index < -0.39 is 0 Å². The first kappa shape index (κ1) is 11.7. The molecule has 0 aromatic heterocycles. The number of nitrogen functional groups attached to an aromatic ring is 1. The van der Waals surface area contributed by atoms with Crippen LogP contribution in [0.25, 0.3) is 0 Å². The minimum atomic E-state index is 0.103. The molecular formula is C13H17N3O. The highest BCUT2D eigenvalue weighted by Gasteiger charge is 2.31. The fraction of sp³-hybridized carbons (Fsp3) is 0.462. The van der Waals surface area contributed by atoms with Crippen LogP contribution in [0.15, 0.2) is 18.2 Å². The summed E-state index contributed by atoms with van der Waals surface area (Å²) in [7, 11) is 0. The van der Waals surface area contributed by atoms with Crippen LogP contribution in [0.5, 0.6) is 0 Å². The molecule has 1 aliphatic rings. The maximum Gasteiger partial charge on any atom is 0.101 e. The maximum absolute atomic E-state index is 9.44. The summed E-state index contributed by atoms with van der Waals surface area (Å²) in [6.07, 6.45) is 1.04. The van der Waals surface area contributed by atoms with Gasteiger partial charge in [-0.1, -0.05) is 13.0 Å². The molecule has 2 rings (SSSR count). The van der Waals surface area contributed by atoms with E-state index in [9.17, 15) is 5.11 Å². The molecule has 0 spiro atoms. The van der Waals surface area contributed by atoms with E-state index in [1.165, 1.54) is 0 Å². The van der Waals surface area contributed by atoms with Crippen molar-refractivity contribution >= 4 is 11.4 Å². The summed E-state index contributed by atoms with van der Waals surface area (Å²) in [5, 5.41) is 18.4. The van der Waals surface area contributed by atoms with Gasteiger partial charge in [0.25, 0.3) is 0 Å². The number of rotatable bonds is 2. The Balaban J connectivity index is 2.38. The molecule has 17 heavy (non-hydrogen) atoms. The van der Waals surface area contributed by atoms with Crippen molar-refractivity contribution in [3.63, 3.8) is 0 Å². The van der Waals surface area contributed by atoms with Gasteiger partial charge in [-0.15, -0.1) is 0 Å². The first-order valence-electron chi connectivity index (χ1n) is 5.85. The Morgan fingerprint density at radius 3 is 3.00 bits per heavy atom. The summed E-state index contributed by atoms with van der Waals surface area (Å²) in [5.74, 6) is 0.449. The number of aliphatic hydroxyl groups excluding tert-OH is 1. The summed E-state index contributed by atoms with van der Waals surface area (Å²) in [5.41, 5.74) is 7.87. The number of nitrogens with zero attached hydrogens (tertiary/aromatic N) is 2. The zero-order chi connectivity index (χ0) is 12.4. The van der Waals surface area contributed by atoms with Crippen LogP contribution < -0.4 is 10.6 Å². The van der Waals surface area contributed by atoms with Crippen molar-refractivity contribution in [2.45, 2.75) is 19.4 Å². The number of aliphatic hydroxyl groups is 1. The van der Waals surface area contributed by atoms with E-state index in [4.69, 9.17) is 11.0 Å². The topological polar surface area (TPSA) is 73.3 Å². The molecule has 0 bridgehead atoms. The van der Waals surface area contributed by atoms with Crippen molar-refractivity contribution in [3.8, 4) is 6.07 Å². The summed E-state index contributed by atoms with van der Waals surface area (Å²) >= 11 is 0. The number of nitrogens with two attached hydrogens (primary N) is 1. The predicted octanol–water partition coefficient (Wildman–Crippen LogP) is 1.35. The molecule has 2 atom stereocenters. The van der Waals surface area contributed by atoms with E-state index in [1.54, 1.807) is 6.07 Å². The van der Waals surface area contributed by atoms with Crippen LogP contribution in [0.3, 0.4) is 0 Å². The normalized spacial score (nSPS) is 23.7. The third kappa shape index (κ3) is 1.94. The van der Waals surface area contributed by atoms with Crippen LogP contribution >= 0.6 is 0 Å². The number of benzene rings is 1. The molecule has 90 valence electrons. The standard InChI is InChI=1S/C13H17N3O/c1-9-5-6-16(12(9)8-17)11-4-2-3-10(7-14)13(11)15/h2-4,9,12,17H,5-6,8,15H2,1H3. The van der Waals surface area contributed by atoms with Gasteiger partial charge in [0.05, 0.1) is 29.6 Å². The molecule has 1 heterocycles. The van der Waals surface area contributed by atoms with Gasteiger partial charge in [0.15, 0.2) is 0 Å². The van der Waals surface area contributed by atoms with Crippen molar-refractivity contribution in [3.05, 3.63) is 23.8 Å². The Morgan fingerprint density at radius 1 is 1.59 bits per heavy atom. The Hall–Kier alpha value is -1.73.